The van der Waals surface area contributed by atoms with Gasteiger partial charge in [-0.25, -0.2) is 9.78 Å². The normalized spacial score (nSPS) is 19.6. The van der Waals surface area contributed by atoms with Crippen LogP contribution in [0, 0.1) is 6.92 Å². The van der Waals surface area contributed by atoms with Crippen LogP contribution >= 0.6 is 0 Å². The molecule has 2 heterocycles. The van der Waals surface area contributed by atoms with Crippen molar-refractivity contribution < 1.29 is 9.53 Å². The van der Waals surface area contributed by atoms with Crippen molar-refractivity contribution in [2.75, 3.05) is 24.5 Å². The SMILES string of the molecule is Cc1ccnc(N2CCN(C(=O)OC(C)(C)C)CC2C)c1. The Labute approximate surface area is 126 Å². The minimum atomic E-state index is -0.449. The molecule has 1 saturated heterocycles. The number of aromatic nitrogens is 1. The molecule has 5 nitrogen and oxygen atoms in total. The Morgan fingerprint density at radius 2 is 2.10 bits per heavy atom. The first-order valence-corrected chi connectivity index (χ1v) is 7.43. The first kappa shape index (κ1) is 15.6. The number of ether oxygens (including phenoxy) is 1. The van der Waals surface area contributed by atoms with Crippen molar-refractivity contribution in [3.05, 3.63) is 23.9 Å². The van der Waals surface area contributed by atoms with Gasteiger partial charge in [-0.05, 0) is 52.3 Å². The molecular formula is C16H25N3O2. The summed E-state index contributed by atoms with van der Waals surface area (Å²) in [6.45, 7) is 11.9. The second kappa shape index (κ2) is 5.92. The summed E-state index contributed by atoms with van der Waals surface area (Å²) in [5, 5.41) is 0. The molecule has 1 fully saturated rings. The number of pyridine rings is 1. The molecule has 0 spiro atoms. The van der Waals surface area contributed by atoms with Gasteiger partial charge in [-0.15, -0.1) is 0 Å². The minimum absolute atomic E-state index is 0.223. The number of anilines is 1. The lowest BCUT2D eigenvalue weighted by Crippen LogP contribution is -2.54. The van der Waals surface area contributed by atoms with Gasteiger partial charge in [0.15, 0.2) is 0 Å². The minimum Gasteiger partial charge on any atom is -0.444 e. The number of amides is 1. The molecule has 5 heteroatoms. The van der Waals surface area contributed by atoms with Gasteiger partial charge >= 0.3 is 6.09 Å². The molecule has 0 aliphatic carbocycles. The van der Waals surface area contributed by atoms with Crippen molar-refractivity contribution in [2.45, 2.75) is 46.3 Å². The van der Waals surface area contributed by atoms with Gasteiger partial charge in [0, 0.05) is 31.9 Å². The summed E-state index contributed by atoms with van der Waals surface area (Å²) < 4.78 is 5.44. The third-order valence-electron chi connectivity index (χ3n) is 3.47. The van der Waals surface area contributed by atoms with E-state index in [1.807, 2.05) is 33.0 Å². The number of hydrogen-bond acceptors (Lipinski definition) is 4. The average molecular weight is 291 g/mol. The van der Waals surface area contributed by atoms with Crippen LogP contribution in [-0.4, -0.2) is 47.3 Å². The van der Waals surface area contributed by atoms with Crippen LogP contribution in [0.25, 0.3) is 0 Å². The highest BCUT2D eigenvalue weighted by Gasteiger charge is 2.30. The Balaban J connectivity index is 2.01. The Kier molecular flexibility index (Phi) is 4.40. The lowest BCUT2D eigenvalue weighted by atomic mass is 10.1. The lowest BCUT2D eigenvalue weighted by molar-refractivity contribution is 0.0218. The highest BCUT2D eigenvalue weighted by atomic mass is 16.6. The molecule has 1 amide bonds. The zero-order valence-corrected chi connectivity index (χ0v) is 13.6. The summed E-state index contributed by atoms with van der Waals surface area (Å²) in [5.41, 5.74) is 0.747. The molecule has 0 saturated carbocycles. The van der Waals surface area contributed by atoms with Gasteiger partial charge in [0.05, 0.1) is 0 Å². The van der Waals surface area contributed by atoms with Gasteiger partial charge < -0.3 is 14.5 Å². The molecule has 0 aromatic carbocycles. The number of hydrogen-bond donors (Lipinski definition) is 0. The highest BCUT2D eigenvalue weighted by molar-refractivity contribution is 5.68. The maximum atomic E-state index is 12.1. The van der Waals surface area contributed by atoms with Gasteiger partial charge in [-0.2, -0.15) is 0 Å². The van der Waals surface area contributed by atoms with Crippen LogP contribution in [0.1, 0.15) is 33.3 Å². The van der Waals surface area contributed by atoms with Gasteiger partial charge in [0.2, 0.25) is 0 Å². The van der Waals surface area contributed by atoms with Crippen LogP contribution in [-0.2, 0) is 4.74 Å². The third-order valence-corrected chi connectivity index (χ3v) is 3.47. The Bertz CT molecular complexity index is 510. The fourth-order valence-corrected chi connectivity index (χ4v) is 2.47. The van der Waals surface area contributed by atoms with Gasteiger partial charge in [-0.1, -0.05) is 0 Å². The highest BCUT2D eigenvalue weighted by Crippen LogP contribution is 2.20. The van der Waals surface area contributed by atoms with Crippen LogP contribution < -0.4 is 4.90 Å². The second-order valence-electron chi connectivity index (χ2n) is 6.66. The zero-order valence-electron chi connectivity index (χ0n) is 13.6. The second-order valence-corrected chi connectivity index (χ2v) is 6.66. The standard InChI is InChI=1S/C16H25N3O2/c1-12-6-7-17-14(10-12)19-9-8-18(11-13(19)2)15(20)21-16(3,4)5/h6-7,10,13H,8-9,11H2,1-5H3. The van der Waals surface area contributed by atoms with E-state index < -0.39 is 5.60 Å². The molecule has 1 aliphatic heterocycles. The number of aryl methyl sites for hydroxylation is 1. The molecule has 1 aromatic rings. The van der Waals surface area contributed by atoms with Crippen LogP contribution in [0.15, 0.2) is 18.3 Å². The Hall–Kier alpha value is -1.78. The summed E-state index contributed by atoms with van der Waals surface area (Å²) >= 11 is 0. The predicted molar refractivity (Wildman–Crippen MR) is 83.6 cm³/mol. The van der Waals surface area contributed by atoms with E-state index in [2.05, 4.69) is 29.8 Å². The summed E-state index contributed by atoms with van der Waals surface area (Å²) in [7, 11) is 0. The molecule has 1 atom stereocenters. The van der Waals surface area contributed by atoms with E-state index in [-0.39, 0.29) is 12.1 Å². The maximum absolute atomic E-state index is 12.1. The van der Waals surface area contributed by atoms with E-state index in [4.69, 9.17) is 4.74 Å². The van der Waals surface area contributed by atoms with E-state index in [1.165, 1.54) is 5.56 Å². The van der Waals surface area contributed by atoms with Gasteiger partial charge in [0.1, 0.15) is 11.4 Å². The summed E-state index contributed by atoms with van der Waals surface area (Å²) in [6.07, 6.45) is 1.60. The molecule has 1 aromatic heterocycles. The molecule has 1 aliphatic rings. The van der Waals surface area contributed by atoms with E-state index in [0.29, 0.717) is 13.1 Å². The molecule has 2 rings (SSSR count). The summed E-state index contributed by atoms with van der Waals surface area (Å²) in [5.74, 6) is 0.978. The quantitative estimate of drug-likeness (QED) is 0.798. The summed E-state index contributed by atoms with van der Waals surface area (Å²) in [4.78, 5) is 20.6. The van der Waals surface area contributed by atoms with Gasteiger partial charge in [0.25, 0.3) is 0 Å². The smallest absolute Gasteiger partial charge is 0.410 e. The average Bonchev–Trinajstić information content (AvgIpc) is 2.36. The number of carbonyl (C=O) groups is 1. The first-order chi connectivity index (χ1) is 9.76. The zero-order chi connectivity index (χ0) is 15.6. The summed E-state index contributed by atoms with van der Waals surface area (Å²) in [6, 6.07) is 4.30. The monoisotopic (exact) mass is 291 g/mol. The molecule has 0 radical (unpaired) electrons. The van der Waals surface area contributed by atoms with E-state index in [9.17, 15) is 4.79 Å². The topological polar surface area (TPSA) is 45.7 Å². The van der Waals surface area contributed by atoms with Crippen molar-refractivity contribution in [3.8, 4) is 0 Å². The Morgan fingerprint density at radius 1 is 1.38 bits per heavy atom. The van der Waals surface area contributed by atoms with Crippen molar-refractivity contribution in [1.29, 1.82) is 0 Å². The molecule has 21 heavy (non-hydrogen) atoms. The van der Waals surface area contributed by atoms with Crippen molar-refractivity contribution >= 4 is 11.9 Å². The van der Waals surface area contributed by atoms with Crippen LogP contribution in [0.4, 0.5) is 10.6 Å². The molecule has 0 N–H and O–H groups in total. The van der Waals surface area contributed by atoms with Crippen LogP contribution in [0.2, 0.25) is 0 Å². The molecular weight excluding hydrogens is 266 g/mol. The van der Waals surface area contributed by atoms with E-state index >= 15 is 0 Å². The van der Waals surface area contributed by atoms with Crippen LogP contribution in [0.3, 0.4) is 0 Å². The molecule has 1 unspecified atom stereocenters. The predicted octanol–water partition coefficient (Wildman–Crippen LogP) is 2.84. The Morgan fingerprint density at radius 3 is 2.67 bits per heavy atom. The van der Waals surface area contributed by atoms with Crippen LogP contribution in [0.5, 0.6) is 0 Å². The van der Waals surface area contributed by atoms with Crippen molar-refractivity contribution in [3.63, 3.8) is 0 Å². The number of rotatable bonds is 1. The third kappa shape index (κ3) is 4.09. The maximum Gasteiger partial charge on any atom is 0.410 e. The van der Waals surface area contributed by atoms with Crippen molar-refractivity contribution in [2.24, 2.45) is 0 Å². The van der Waals surface area contributed by atoms with E-state index in [0.717, 1.165) is 12.4 Å². The largest absolute Gasteiger partial charge is 0.444 e. The number of piperazine rings is 1. The van der Waals surface area contributed by atoms with Crippen molar-refractivity contribution in [1.82, 2.24) is 9.88 Å². The fourth-order valence-electron chi connectivity index (χ4n) is 2.47. The fraction of sp³-hybridized carbons (Fsp3) is 0.625. The lowest BCUT2D eigenvalue weighted by Gasteiger charge is -2.40. The first-order valence-electron chi connectivity index (χ1n) is 7.43. The molecule has 116 valence electrons. The number of nitrogens with zero attached hydrogens (tertiary/aromatic N) is 3. The number of carbonyl (C=O) groups excluding carboxylic acids is 1. The van der Waals surface area contributed by atoms with Gasteiger partial charge in [-0.3, -0.25) is 0 Å². The molecule has 0 bridgehead atoms. The van der Waals surface area contributed by atoms with E-state index in [1.54, 1.807) is 4.90 Å².